The minimum Gasteiger partial charge on any atom is -0.353 e. The molecule has 1 aliphatic rings. The summed E-state index contributed by atoms with van der Waals surface area (Å²) in [5.74, 6) is -0.0166. The van der Waals surface area contributed by atoms with E-state index in [2.05, 4.69) is 97.3 Å². The zero-order valence-corrected chi connectivity index (χ0v) is 19.1. The molecule has 4 heteroatoms. The molecule has 31 heavy (non-hydrogen) atoms. The molecule has 1 unspecified atom stereocenters. The lowest BCUT2D eigenvalue weighted by molar-refractivity contribution is 0.0925. The van der Waals surface area contributed by atoms with E-state index in [0.717, 1.165) is 19.5 Å². The molecule has 0 fully saturated rings. The maximum absolute atomic E-state index is 12.9. The molecule has 0 aliphatic carbocycles. The number of nitrogens with one attached hydrogen (secondary N) is 1. The van der Waals surface area contributed by atoms with Gasteiger partial charge in [-0.3, -0.25) is 9.69 Å². The monoisotopic (exact) mass is 415 g/mol. The van der Waals surface area contributed by atoms with Crippen LogP contribution >= 0.6 is 0 Å². The Hall–Kier alpha value is -2.85. The number of aryl methyl sites for hydroxylation is 1. The smallest absolute Gasteiger partial charge is 0.251 e. The summed E-state index contributed by atoms with van der Waals surface area (Å²) in [6.07, 6.45) is 3.12. The summed E-state index contributed by atoms with van der Waals surface area (Å²) in [4.78, 5) is 15.4. The Morgan fingerprint density at radius 3 is 2.35 bits per heavy atom. The highest BCUT2D eigenvalue weighted by Crippen LogP contribution is 2.28. The van der Waals surface area contributed by atoms with Gasteiger partial charge < -0.3 is 9.88 Å². The van der Waals surface area contributed by atoms with Gasteiger partial charge in [0.2, 0.25) is 0 Å². The van der Waals surface area contributed by atoms with Gasteiger partial charge in [-0.25, -0.2) is 0 Å². The number of benzene rings is 2. The summed E-state index contributed by atoms with van der Waals surface area (Å²) in [5, 5.41) is 3.20. The molecule has 1 N–H and O–H groups in total. The maximum Gasteiger partial charge on any atom is 0.251 e. The minimum absolute atomic E-state index is 0.0166. The molecule has 1 atom stereocenters. The molecule has 162 valence electrons. The molecular formula is C27H33N3O. The first kappa shape index (κ1) is 21.4. The molecule has 1 aromatic heterocycles. The fraction of sp³-hybridized carbons (Fsp3) is 0.370. The molecule has 2 heterocycles. The number of rotatable bonds is 5. The molecule has 0 bridgehead atoms. The average Bonchev–Trinajstić information content (AvgIpc) is 3.19. The topological polar surface area (TPSA) is 37.3 Å². The van der Waals surface area contributed by atoms with E-state index in [9.17, 15) is 4.79 Å². The van der Waals surface area contributed by atoms with Crippen molar-refractivity contribution < 1.29 is 4.79 Å². The normalized spacial score (nSPS) is 15.4. The molecule has 2 aromatic carbocycles. The third-order valence-electron chi connectivity index (χ3n) is 6.40. The van der Waals surface area contributed by atoms with Crippen molar-refractivity contribution in [1.29, 1.82) is 0 Å². The van der Waals surface area contributed by atoms with Crippen LogP contribution in [0.1, 0.15) is 59.6 Å². The third-order valence-corrected chi connectivity index (χ3v) is 6.40. The highest BCUT2D eigenvalue weighted by Gasteiger charge is 2.27. The van der Waals surface area contributed by atoms with Crippen molar-refractivity contribution in [1.82, 2.24) is 14.8 Å². The largest absolute Gasteiger partial charge is 0.353 e. The van der Waals surface area contributed by atoms with Gasteiger partial charge in [0.05, 0.1) is 6.04 Å². The predicted molar refractivity (Wildman–Crippen MR) is 126 cm³/mol. The molecule has 0 saturated carbocycles. The zero-order valence-electron chi connectivity index (χ0n) is 19.1. The van der Waals surface area contributed by atoms with Crippen LogP contribution in [-0.4, -0.2) is 28.5 Å². The SMILES string of the molecule is Cn1cccc1C(CNC(=O)c1ccc(C(C)(C)C)cc1)N1CCc2ccccc2C1. The number of fused-ring (bicyclic) bond motifs is 1. The summed E-state index contributed by atoms with van der Waals surface area (Å²) in [7, 11) is 2.08. The van der Waals surface area contributed by atoms with E-state index in [1.807, 2.05) is 12.1 Å². The molecule has 0 spiro atoms. The predicted octanol–water partition coefficient (Wildman–Crippen LogP) is 4.85. The Balaban J connectivity index is 1.50. The second-order valence-corrected chi connectivity index (χ2v) is 9.59. The van der Waals surface area contributed by atoms with Crippen molar-refractivity contribution in [3.8, 4) is 0 Å². The fourth-order valence-corrected chi connectivity index (χ4v) is 4.44. The second kappa shape index (κ2) is 8.72. The molecule has 4 rings (SSSR count). The highest BCUT2D eigenvalue weighted by molar-refractivity contribution is 5.94. The number of carbonyl (C=O) groups excluding carboxylic acids is 1. The Morgan fingerprint density at radius 1 is 1.00 bits per heavy atom. The molecule has 0 saturated heterocycles. The summed E-state index contributed by atoms with van der Waals surface area (Å²) in [6, 6.07) is 21.0. The van der Waals surface area contributed by atoms with Gasteiger partial charge in [0.1, 0.15) is 0 Å². The molecule has 3 aromatic rings. The van der Waals surface area contributed by atoms with Crippen LogP contribution in [0, 0.1) is 0 Å². The van der Waals surface area contributed by atoms with E-state index in [4.69, 9.17) is 0 Å². The molecule has 0 radical (unpaired) electrons. The first-order chi connectivity index (χ1) is 14.8. The van der Waals surface area contributed by atoms with Gasteiger partial charge in [-0.1, -0.05) is 57.2 Å². The van der Waals surface area contributed by atoms with Gasteiger partial charge in [0.15, 0.2) is 0 Å². The number of hydrogen-bond donors (Lipinski definition) is 1. The van der Waals surface area contributed by atoms with Crippen molar-refractivity contribution in [2.75, 3.05) is 13.1 Å². The zero-order chi connectivity index (χ0) is 22.0. The highest BCUT2D eigenvalue weighted by atomic mass is 16.1. The maximum atomic E-state index is 12.9. The number of nitrogens with zero attached hydrogens (tertiary/aromatic N) is 2. The summed E-state index contributed by atoms with van der Waals surface area (Å²) in [5.41, 5.74) is 6.07. The van der Waals surface area contributed by atoms with Crippen molar-refractivity contribution in [2.45, 2.75) is 45.2 Å². The average molecular weight is 416 g/mol. The van der Waals surface area contributed by atoms with Gasteiger partial charge in [0.25, 0.3) is 5.91 Å². The van der Waals surface area contributed by atoms with Crippen LogP contribution in [-0.2, 0) is 25.4 Å². The summed E-state index contributed by atoms with van der Waals surface area (Å²) < 4.78 is 2.16. The number of hydrogen-bond acceptors (Lipinski definition) is 2. The van der Waals surface area contributed by atoms with Gasteiger partial charge in [-0.05, 0) is 52.8 Å². The Bertz CT molecular complexity index is 1040. The molecule has 4 nitrogen and oxygen atoms in total. The number of carbonyl (C=O) groups is 1. The molecule has 1 amide bonds. The lowest BCUT2D eigenvalue weighted by Crippen LogP contribution is -2.41. The lowest BCUT2D eigenvalue weighted by Gasteiger charge is -2.36. The standard InChI is InChI=1S/C27H33N3O/c1-27(2,3)23-13-11-21(12-14-23)26(31)28-18-25(24-10-7-16-29(24)4)30-17-15-20-8-5-6-9-22(20)19-30/h5-14,16,25H,15,17-19H2,1-4H3,(H,28,31). The Kier molecular flexibility index (Phi) is 6.01. The van der Waals surface area contributed by atoms with Gasteiger partial charge >= 0.3 is 0 Å². The minimum atomic E-state index is -0.0166. The second-order valence-electron chi connectivity index (χ2n) is 9.59. The van der Waals surface area contributed by atoms with E-state index >= 15 is 0 Å². The van der Waals surface area contributed by atoms with E-state index in [1.54, 1.807) is 0 Å². The van der Waals surface area contributed by atoms with E-state index in [-0.39, 0.29) is 17.4 Å². The van der Waals surface area contributed by atoms with Gasteiger partial charge in [0, 0.05) is 44.1 Å². The number of aromatic nitrogens is 1. The van der Waals surface area contributed by atoms with Crippen LogP contribution in [0.5, 0.6) is 0 Å². The summed E-state index contributed by atoms with van der Waals surface area (Å²) >= 11 is 0. The van der Waals surface area contributed by atoms with Crippen LogP contribution in [0.3, 0.4) is 0 Å². The van der Waals surface area contributed by atoms with Crippen LogP contribution in [0.25, 0.3) is 0 Å². The Morgan fingerprint density at radius 2 is 1.71 bits per heavy atom. The molecular weight excluding hydrogens is 382 g/mol. The quantitative estimate of drug-likeness (QED) is 0.647. The van der Waals surface area contributed by atoms with Gasteiger partial charge in [-0.15, -0.1) is 0 Å². The van der Waals surface area contributed by atoms with Crippen molar-refractivity contribution >= 4 is 5.91 Å². The van der Waals surface area contributed by atoms with E-state index < -0.39 is 0 Å². The van der Waals surface area contributed by atoms with Gasteiger partial charge in [-0.2, -0.15) is 0 Å². The first-order valence-corrected chi connectivity index (χ1v) is 11.1. The van der Waals surface area contributed by atoms with Crippen LogP contribution < -0.4 is 5.32 Å². The summed E-state index contributed by atoms with van der Waals surface area (Å²) in [6.45, 7) is 9.03. The molecule has 1 aliphatic heterocycles. The lowest BCUT2D eigenvalue weighted by atomic mass is 9.87. The Labute approximate surface area is 185 Å². The van der Waals surface area contributed by atoms with Crippen LogP contribution in [0.15, 0.2) is 66.9 Å². The van der Waals surface area contributed by atoms with Crippen molar-refractivity contribution in [3.63, 3.8) is 0 Å². The third kappa shape index (κ3) is 4.75. The van der Waals surface area contributed by atoms with Crippen LogP contribution in [0.4, 0.5) is 0 Å². The van der Waals surface area contributed by atoms with E-state index in [1.165, 1.54) is 22.4 Å². The fourth-order valence-electron chi connectivity index (χ4n) is 4.44. The van der Waals surface area contributed by atoms with Crippen molar-refractivity contribution in [3.05, 3.63) is 94.8 Å². The van der Waals surface area contributed by atoms with E-state index in [0.29, 0.717) is 12.1 Å². The first-order valence-electron chi connectivity index (χ1n) is 11.1. The van der Waals surface area contributed by atoms with Crippen LogP contribution in [0.2, 0.25) is 0 Å². The van der Waals surface area contributed by atoms with Crippen molar-refractivity contribution in [2.24, 2.45) is 7.05 Å². The number of amides is 1.